The van der Waals surface area contributed by atoms with Gasteiger partial charge >= 0.3 is 0 Å². The van der Waals surface area contributed by atoms with E-state index in [1.54, 1.807) is 7.05 Å². The zero-order valence-electron chi connectivity index (χ0n) is 17.1. The fraction of sp³-hybridized carbons (Fsp3) is 0.550. The van der Waals surface area contributed by atoms with Crippen LogP contribution >= 0.6 is 0 Å². The average Bonchev–Trinajstić information content (AvgIpc) is 3.40. The van der Waals surface area contributed by atoms with Crippen LogP contribution in [0.25, 0.3) is 0 Å². The second-order valence-corrected chi connectivity index (χ2v) is 7.74. The molecule has 0 atom stereocenters. The highest BCUT2D eigenvalue weighted by Crippen LogP contribution is 2.26. The van der Waals surface area contributed by atoms with Gasteiger partial charge < -0.3 is 25.0 Å². The number of hydrogen-bond acceptors (Lipinski definition) is 10. The number of aryl methyl sites for hydroxylation is 2. The summed E-state index contributed by atoms with van der Waals surface area (Å²) < 4.78 is 11.0. The van der Waals surface area contributed by atoms with Crippen LogP contribution in [0.4, 0.5) is 17.8 Å². The van der Waals surface area contributed by atoms with Crippen molar-refractivity contribution >= 4 is 17.8 Å². The predicted octanol–water partition coefficient (Wildman–Crippen LogP) is 2.87. The van der Waals surface area contributed by atoms with Crippen molar-refractivity contribution in [2.45, 2.75) is 64.5 Å². The lowest BCUT2D eigenvalue weighted by atomic mass is 9.96. The summed E-state index contributed by atoms with van der Waals surface area (Å²) in [6.45, 7) is 1.03. The van der Waals surface area contributed by atoms with Crippen LogP contribution in [0.2, 0.25) is 0 Å². The van der Waals surface area contributed by atoms with Crippen molar-refractivity contribution in [3.63, 3.8) is 0 Å². The molecular formula is C20H26N8O2. The fourth-order valence-electron chi connectivity index (χ4n) is 4.15. The lowest BCUT2D eigenvalue weighted by Gasteiger charge is -2.12. The third kappa shape index (κ3) is 3.81. The zero-order valence-corrected chi connectivity index (χ0v) is 17.1. The van der Waals surface area contributed by atoms with E-state index in [4.69, 9.17) is 9.05 Å². The van der Waals surface area contributed by atoms with Gasteiger partial charge in [-0.15, -0.1) is 0 Å². The Morgan fingerprint density at radius 3 is 1.63 bits per heavy atom. The van der Waals surface area contributed by atoms with E-state index in [0.29, 0.717) is 30.9 Å². The molecule has 0 radical (unpaired) electrons. The summed E-state index contributed by atoms with van der Waals surface area (Å²) in [5, 5.41) is 18.0. The van der Waals surface area contributed by atoms with Gasteiger partial charge in [0.25, 0.3) is 0 Å². The smallest absolute Gasteiger partial charge is 0.229 e. The highest BCUT2D eigenvalue weighted by atomic mass is 16.5. The van der Waals surface area contributed by atoms with Crippen molar-refractivity contribution in [1.29, 1.82) is 0 Å². The molecule has 0 spiro atoms. The molecule has 3 heterocycles. The molecule has 0 aromatic carbocycles. The molecule has 0 amide bonds. The Morgan fingerprint density at radius 2 is 1.13 bits per heavy atom. The second kappa shape index (κ2) is 8.29. The van der Waals surface area contributed by atoms with Gasteiger partial charge in [0.2, 0.25) is 17.8 Å². The highest BCUT2D eigenvalue weighted by molar-refractivity contribution is 5.43. The largest absolute Gasteiger partial charge is 0.361 e. The van der Waals surface area contributed by atoms with Crippen molar-refractivity contribution in [2.75, 3.05) is 23.0 Å². The third-order valence-corrected chi connectivity index (χ3v) is 5.75. The quantitative estimate of drug-likeness (QED) is 0.535. The second-order valence-electron chi connectivity index (χ2n) is 7.74. The molecule has 30 heavy (non-hydrogen) atoms. The topological polar surface area (TPSA) is 127 Å². The molecule has 0 saturated carbocycles. The lowest BCUT2D eigenvalue weighted by Crippen LogP contribution is -2.13. The van der Waals surface area contributed by atoms with Gasteiger partial charge in [0.1, 0.15) is 22.9 Å². The van der Waals surface area contributed by atoms with Crippen molar-refractivity contribution in [3.05, 3.63) is 34.0 Å². The molecule has 10 heteroatoms. The molecular weight excluding hydrogens is 384 g/mol. The zero-order chi connectivity index (χ0) is 20.3. The van der Waals surface area contributed by atoms with Crippen LogP contribution in [0.5, 0.6) is 0 Å². The van der Waals surface area contributed by atoms with Gasteiger partial charge in [-0.25, -0.2) is 0 Å². The Kier molecular flexibility index (Phi) is 5.20. The number of rotatable bonds is 7. The normalized spacial score (nSPS) is 15.4. The average molecular weight is 410 g/mol. The SMILES string of the molecule is CNc1nc(NCc2noc3c2CCCC3)nc(NCc2noc3c2CCCC3)n1. The van der Waals surface area contributed by atoms with Gasteiger partial charge in [-0.1, -0.05) is 10.3 Å². The van der Waals surface area contributed by atoms with E-state index in [9.17, 15) is 0 Å². The minimum absolute atomic E-state index is 0.478. The summed E-state index contributed by atoms with van der Waals surface area (Å²) >= 11 is 0. The van der Waals surface area contributed by atoms with Gasteiger partial charge in [0, 0.05) is 31.0 Å². The minimum Gasteiger partial charge on any atom is -0.361 e. The summed E-state index contributed by atoms with van der Waals surface area (Å²) in [4.78, 5) is 13.3. The van der Waals surface area contributed by atoms with Gasteiger partial charge in [-0.3, -0.25) is 0 Å². The van der Waals surface area contributed by atoms with Gasteiger partial charge in [0.15, 0.2) is 0 Å². The number of nitrogens with zero attached hydrogens (tertiary/aromatic N) is 5. The van der Waals surface area contributed by atoms with Gasteiger partial charge in [-0.2, -0.15) is 15.0 Å². The van der Waals surface area contributed by atoms with Gasteiger partial charge in [-0.05, 0) is 38.5 Å². The first-order valence-corrected chi connectivity index (χ1v) is 10.6. The summed E-state index contributed by atoms with van der Waals surface area (Å²) in [6.07, 6.45) is 8.66. The van der Waals surface area contributed by atoms with E-state index in [0.717, 1.165) is 61.4 Å². The van der Waals surface area contributed by atoms with E-state index in [1.165, 1.54) is 24.0 Å². The molecule has 0 unspecified atom stereocenters. The number of anilines is 3. The maximum absolute atomic E-state index is 5.49. The molecule has 10 nitrogen and oxygen atoms in total. The number of aromatic nitrogens is 5. The van der Waals surface area contributed by atoms with Crippen molar-refractivity contribution < 1.29 is 9.05 Å². The molecule has 3 N–H and O–H groups in total. The lowest BCUT2D eigenvalue weighted by molar-refractivity contribution is 0.368. The van der Waals surface area contributed by atoms with E-state index in [-0.39, 0.29) is 0 Å². The fourth-order valence-corrected chi connectivity index (χ4v) is 4.15. The predicted molar refractivity (Wildman–Crippen MR) is 110 cm³/mol. The van der Waals surface area contributed by atoms with Crippen LogP contribution in [0.3, 0.4) is 0 Å². The highest BCUT2D eigenvalue weighted by Gasteiger charge is 2.21. The molecule has 3 aromatic rings. The Morgan fingerprint density at radius 1 is 0.667 bits per heavy atom. The van der Waals surface area contributed by atoms with Crippen LogP contribution in [-0.2, 0) is 38.8 Å². The molecule has 0 fully saturated rings. The minimum atomic E-state index is 0.478. The number of hydrogen-bond donors (Lipinski definition) is 3. The first-order chi connectivity index (χ1) is 14.8. The number of nitrogens with one attached hydrogen (secondary N) is 3. The summed E-state index contributed by atoms with van der Waals surface area (Å²) in [5.41, 5.74) is 4.32. The van der Waals surface area contributed by atoms with Gasteiger partial charge in [0.05, 0.1) is 13.1 Å². The van der Waals surface area contributed by atoms with Crippen LogP contribution in [0, 0.1) is 0 Å². The van der Waals surface area contributed by atoms with Crippen LogP contribution < -0.4 is 16.0 Å². The Labute approximate surface area is 174 Å². The third-order valence-electron chi connectivity index (χ3n) is 5.75. The summed E-state index contributed by atoms with van der Waals surface area (Å²) in [5.74, 6) is 3.48. The Balaban J connectivity index is 1.28. The molecule has 0 bridgehead atoms. The van der Waals surface area contributed by atoms with E-state index in [2.05, 4.69) is 41.2 Å². The molecule has 0 saturated heterocycles. The van der Waals surface area contributed by atoms with E-state index < -0.39 is 0 Å². The standard InChI is InChI=1S/C20H26N8O2/c1-21-18-24-19(22-10-14-12-6-2-4-8-16(12)29-27-14)26-20(25-18)23-11-15-13-7-3-5-9-17(13)30-28-15/h2-11H2,1H3,(H3,21,22,23,24,25,26). The molecule has 0 aliphatic heterocycles. The maximum Gasteiger partial charge on any atom is 0.229 e. The monoisotopic (exact) mass is 410 g/mol. The van der Waals surface area contributed by atoms with E-state index >= 15 is 0 Å². The number of fused-ring (bicyclic) bond motifs is 2. The van der Waals surface area contributed by atoms with Crippen LogP contribution in [0.15, 0.2) is 9.05 Å². The summed E-state index contributed by atoms with van der Waals surface area (Å²) in [7, 11) is 1.78. The molecule has 2 aliphatic carbocycles. The van der Waals surface area contributed by atoms with E-state index in [1.807, 2.05) is 0 Å². The van der Waals surface area contributed by atoms with Crippen molar-refractivity contribution in [2.24, 2.45) is 0 Å². The van der Waals surface area contributed by atoms with Crippen molar-refractivity contribution in [3.8, 4) is 0 Å². The van der Waals surface area contributed by atoms with Crippen LogP contribution in [0.1, 0.15) is 59.7 Å². The molecule has 3 aromatic heterocycles. The maximum atomic E-state index is 5.49. The first-order valence-electron chi connectivity index (χ1n) is 10.6. The van der Waals surface area contributed by atoms with Crippen molar-refractivity contribution in [1.82, 2.24) is 25.3 Å². The Bertz CT molecular complexity index is 951. The molecule has 2 aliphatic rings. The summed E-state index contributed by atoms with van der Waals surface area (Å²) in [6, 6.07) is 0. The first kappa shape index (κ1) is 18.8. The molecule has 158 valence electrons. The molecule has 5 rings (SSSR count). The Hall–Kier alpha value is -3.17. The van der Waals surface area contributed by atoms with Crippen LogP contribution in [-0.4, -0.2) is 32.3 Å².